The maximum Gasteiger partial charge on any atom is 0.304 e. The molecule has 12 nitrogen and oxygen atoms in total. The van der Waals surface area contributed by atoms with E-state index in [1.165, 1.54) is 0 Å². The summed E-state index contributed by atoms with van der Waals surface area (Å²) in [6, 6.07) is 7.46. The number of hydrogen-bond acceptors (Lipinski definition) is 9. The molecule has 0 aliphatic rings. The molecule has 176 valence electrons. The minimum absolute atomic E-state index is 0.0153. The first-order chi connectivity index (χ1) is 15.7. The number of nitrogens with one attached hydrogen (secondary N) is 1. The molecule has 0 saturated carbocycles. The van der Waals surface area contributed by atoms with Crippen molar-refractivity contribution in [3.05, 3.63) is 55.0 Å². The molecule has 2 aromatic rings. The summed E-state index contributed by atoms with van der Waals surface area (Å²) in [4.78, 5) is 34.8. The fourth-order valence-corrected chi connectivity index (χ4v) is 3.51. The zero-order valence-electron chi connectivity index (χ0n) is 18.3. The van der Waals surface area contributed by atoms with Crippen molar-refractivity contribution in [3.8, 4) is 5.75 Å². The van der Waals surface area contributed by atoms with Gasteiger partial charge in [-0.3, -0.25) is 25.0 Å². The van der Waals surface area contributed by atoms with E-state index in [1.807, 2.05) is 18.2 Å². The van der Waals surface area contributed by atoms with Crippen LogP contribution >= 0.6 is 15.9 Å². The number of hydrogen-bond donors (Lipinski definition) is 1. The Kier molecular flexibility index (Phi) is 9.21. The molecular weight excluding hydrogens is 500 g/mol. The molecule has 0 fully saturated rings. The predicted octanol–water partition coefficient (Wildman–Crippen LogP) is 5.23. The molecule has 0 bridgehead atoms. The van der Waals surface area contributed by atoms with Gasteiger partial charge in [-0.2, -0.15) is 0 Å². The molecule has 0 atom stereocenters. The van der Waals surface area contributed by atoms with Crippen molar-refractivity contribution in [2.45, 2.75) is 20.3 Å². The Morgan fingerprint density at radius 2 is 1.85 bits per heavy atom. The Bertz CT molecular complexity index is 1070. The quantitative estimate of drug-likeness (QED) is 0.239. The van der Waals surface area contributed by atoms with Gasteiger partial charge < -0.3 is 15.0 Å². The molecule has 0 radical (unpaired) electrons. The van der Waals surface area contributed by atoms with Crippen molar-refractivity contribution in [1.29, 1.82) is 0 Å². The van der Waals surface area contributed by atoms with Gasteiger partial charge in [0.25, 0.3) is 11.6 Å². The number of carbonyl (C=O) groups excluding carboxylic acids is 1. The number of methoxy groups -OCH3 is 1. The van der Waals surface area contributed by atoms with Crippen LogP contribution < -0.4 is 15.0 Å². The van der Waals surface area contributed by atoms with Crippen molar-refractivity contribution >= 4 is 50.3 Å². The second-order valence-corrected chi connectivity index (χ2v) is 7.49. The first-order valence-corrected chi connectivity index (χ1v) is 10.7. The van der Waals surface area contributed by atoms with Gasteiger partial charge in [-0.25, -0.2) is 0 Å². The lowest BCUT2D eigenvalue weighted by Gasteiger charge is -2.23. The Morgan fingerprint density at radius 3 is 2.42 bits per heavy atom. The number of ether oxygens (including phenoxy) is 1. The highest BCUT2D eigenvalue weighted by Crippen LogP contribution is 2.39. The van der Waals surface area contributed by atoms with Crippen LogP contribution in [0.2, 0.25) is 0 Å². The number of anilines is 2. The number of nitro groups is 2. The van der Waals surface area contributed by atoms with Crippen LogP contribution in [0.3, 0.4) is 0 Å². The Hall–Kier alpha value is -3.61. The van der Waals surface area contributed by atoms with E-state index < -0.39 is 27.1 Å². The van der Waals surface area contributed by atoms with E-state index in [-0.39, 0.29) is 23.1 Å². The topological polar surface area (TPSA) is 153 Å². The van der Waals surface area contributed by atoms with Crippen LogP contribution in [-0.4, -0.2) is 42.5 Å². The monoisotopic (exact) mass is 522 g/mol. The molecule has 0 aliphatic heterocycles. The van der Waals surface area contributed by atoms with Crippen LogP contribution in [0.1, 0.15) is 20.3 Å². The summed E-state index contributed by atoms with van der Waals surface area (Å²) in [6.45, 7) is 6.03. The second-order valence-electron chi connectivity index (χ2n) is 6.64. The SMILES string of the molecule is CCN(CC)c1ccc(NCCC(=O)N=Nc2c(Br)cc([N+](=O)[O-])cc2[N+](=O)[O-])cc1OC. The zero-order chi connectivity index (χ0) is 24.5. The highest BCUT2D eigenvalue weighted by molar-refractivity contribution is 9.10. The summed E-state index contributed by atoms with van der Waals surface area (Å²) in [5.41, 5.74) is 0.328. The van der Waals surface area contributed by atoms with Gasteiger partial charge in [-0.1, -0.05) is 0 Å². The van der Waals surface area contributed by atoms with Crippen molar-refractivity contribution < 1.29 is 19.4 Å². The van der Waals surface area contributed by atoms with Crippen LogP contribution in [0, 0.1) is 20.2 Å². The van der Waals surface area contributed by atoms with E-state index in [2.05, 4.69) is 50.2 Å². The van der Waals surface area contributed by atoms with Gasteiger partial charge >= 0.3 is 5.69 Å². The molecule has 0 heterocycles. The van der Waals surface area contributed by atoms with E-state index in [9.17, 15) is 25.0 Å². The molecule has 2 rings (SSSR count). The van der Waals surface area contributed by atoms with Crippen LogP contribution in [-0.2, 0) is 4.79 Å². The average molecular weight is 523 g/mol. The fourth-order valence-electron chi connectivity index (χ4n) is 3.00. The predicted molar refractivity (Wildman–Crippen MR) is 127 cm³/mol. The van der Waals surface area contributed by atoms with Crippen LogP contribution in [0.15, 0.2) is 45.0 Å². The molecule has 1 amide bonds. The summed E-state index contributed by atoms with van der Waals surface area (Å²) in [5, 5.41) is 32.4. The third-order valence-corrected chi connectivity index (χ3v) is 5.25. The van der Waals surface area contributed by atoms with E-state index >= 15 is 0 Å². The number of halogens is 1. The van der Waals surface area contributed by atoms with Gasteiger partial charge in [0.05, 0.1) is 33.2 Å². The lowest BCUT2D eigenvalue weighted by Crippen LogP contribution is -2.22. The molecule has 0 spiro atoms. The minimum Gasteiger partial charge on any atom is -0.495 e. The van der Waals surface area contributed by atoms with Crippen molar-refractivity contribution in [2.24, 2.45) is 10.2 Å². The van der Waals surface area contributed by atoms with E-state index in [4.69, 9.17) is 4.74 Å². The van der Waals surface area contributed by atoms with E-state index in [0.29, 0.717) is 5.75 Å². The smallest absolute Gasteiger partial charge is 0.304 e. The van der Waals surface area contributed by atoms with Gasteiger partial charge in [0.1, 0.15) is 5.75 Å². The summed E-state index contributed by atoms with van der Waals surface area (Å²) in [5.74, 6) is 0.0822. The summed E-state index contributed by atoms with van der Waals surface area (Å²) < 4.78 is 5.45. The molecule has 1 N–H and O–H groups in total. The largest absolute Gasteiger partial charge is 0.495 e. The molecule has 0 aromatic heterocycles. The zero-order valence-corrected chi connectivity index (χ0v) is 19.9. The third-order valence-electron chi connectivity index (χ3n) is 4.65. The number of non-ortho nitro benzene ring substituents is 1. The number of amides is 1. The number of azo groups is 1. The summed E-state index contributed by atoms with van der Waals surface area (Å²) in [7, 11) is 1.59. The van der Waals surface area contributed by atoms with Gasteiger partial charge in [0.15, 0.2) is 5.69 Å². The van der Waals surface area contributed by atoms with Gasteiger partial charge in [0.2, 0.25) is 0 Å². The van der Waals surface area contributed by atoms with Gasteiger partial charge in [-0.15, -0.1) is 10.2 Å². The Labute approximate surface area is 198 Å². The fraction of sp³-hybridized carbons (Fsp3) is 0.350. The lowest BCUT2D eigenvalue weighted by molar-refractivity contribution is -0.393. The summed E-state index contributed by atoms with van der Waals surface area (Å²) in [6.07, 6.45) is -0.0258. The van der Waals surface area contributed by atoms with E-state index in [0.717, 1.165) is 36.6 Å². The normalized spacial score (nSPS) is 10.8. The number of carbonyl (C=O) groups is 1. The maximum atomic E-state index is 12.1. The number of nitro benzene ring substituents is 2. The number of benzene rings is 2. The van der Waals surface area contributed by atoms with Crippen molar-refractivity contribution in [1.82, 2.24) is 0 Å². The molecule has 13 heteroatoms. The summed E-state index contributed by atoms with van der Waals surface area (Å²) >= 11 is 3.01. The Balaban J connectivity index is 2.05. The minimum atomic E-state index is -0.826. The third kappa shape index (κ3) is 6.68. The maximum absolute atomic E-state index is 12.1. The molecule has 0 saturated heterocycles. The highest BCUT2D eigenvalue weighted by atomic mass is 79.9. The van der Waals surface area contributed by atoms with Crippen molar-refractivity contribution in [2.75, 3.05) is 37.0 Å². The lowest BCUT2D eigenvalue weighted by atomic mass is 10.2. The molecule has 33 heavy (non-hydrogen) atoms. The van der Waals surface area contributed by atoms with Gasteiger partial charge in [-0.05, 0) is 41.9 Å². The molecule has 0 unspecified atom stereocenters. The van der Waals surface area contributed by atoms with Crippen molar-refractivity contribution in [3.63, 3.8) is 0 Å². The highest BCUT2D eigenvalue weighted by Gasteiger charge is 2.23. The Morgan fingerprint density at radius 1 is 1.15 bits per heavy atom. The van der Waals surface area contributed by atoms with Gasteiger partial charge in [0, 0.05) is 43.9 Å². The molecule has 0 aliphatic carbocycles. The number of nitrogens with zero attached hydrogens (tertiary/aromatic N) is 5. The van der Waals surface area contributed by atoms with Crippen LogP contribution in [0.5, 0.6) is 5.75 Å². The van der Waals surface area contributed by atoms with Crippen LogP contribution in [0.25, 0.3) is 0 Å². The van der Waals surface area contributed by atoms with Crippen LogP contribution in [0.4, 0.5) is 28.4 Å². The first-order valence-electron chi connectivity index (χ1n) is 9.95. The first kappa shape index (κ1) is 25.6. The van der Waals surface area contributed by atoms with E-state index in [1.54, 1.807) is 7.11 Å². The average Bonchev–Trinajstić information content (AvgIpc) is 2.78. The standard InChI is InChI=1S/C20H23BrN6O6/c1-4-25(5-2)16-7-6-13(10-18(16)33-3)22-9-8-19(28)23-24-20-15(21)11-14(26(29)30)12-17(20)27(31)32/h6-7,10-12,22H,4-5,8-9H2,1-3H3. The second kappa shape index (κ2) is 11.9. The number of rotatable bonds is 11. The molecule has 2 aromatic carbocycles. The molecular formula is C20H23BrN6O6.